The van der Waals surface area contributed by atoms with Crippen LogP contribution in [-0.2, 0) is 26.2 Å². The predicted octanol–water partition coefficient (Wildman–Crippen LogP) is 5.52. The Morgan fingerprint density at radius 2 is 1.53 bits per heavy atom. The van der Waals surface area contributed by atoms with E-state index >= 15 is 0 Å². The number of halogens is 2. The molecule has 0 spiro atoms. The second-order valence-electron chi connectivity index (χ2n) is 9.00. The van der Waals surface area contributed by atoms with E-state index in [-0.39, 0.29) is 23.4 Å². The number of sulfonamides is 1. The first-order valence-electron chi connectivity index (χ1n) is 12.2. The van der Waals surface area contributed by atoms with Crippen LogP contribution in [0.4, 0.5) is 5.69 Å². The molecule has 0 saturated carbocycles. The lowest BCUT2D eigenvalue weighted by atomic mass is 10.1. The van der Waals surface area contributed by atoms with Crippen LogP contribution in [0.15, 0.2) is 83.8 Å². The molecule has 0 aliphatic heterocycles. The Kier molecular flexibility index (Phi) is 10.2. The molecule has 38 heavy (non-hydrogen) atoms. The summed E-state index contributed by atoms with van der Waals surface area (Å²) in [6.45, 7) is 4.93. The maximum Gasteiger partial charge on any atom is 0.264 e. The molecule has 10 heteroatoms. The smallest absolute Gasteiger partial charge is 0.264 e. The topological polar surface area (TPSA) is 86.8 Å². The molecule has 0 heterocycles. The lowest BCUT2D eigenvalue weighted by molar-refractivity contribution is -0.140. The highest BCUT2D eigenvalue weighted by Gasteiger charge is 2.34. The summed E-state index contributed by atoms with van der Waals surface area (Å²) in [5.74, 6) is -0.886. The summed E-state index contributed by atoms with van der Waals surface area (Å²) >= 11 is 12.5. The third-order valence-corrected chi connectivity index (χ3v) is 8.20. The molecule has 0 aromatic heterocycles. The van der Waals surface area contributed by atoms with Gasteiger partial charge in [-0.1, -0.05) is 72.6 Å². The van der Waals surface area contributed by atoms with Crippen LogP contribution in [0.1, 0.15) is 32.8 Å². The van der Waals surface area contributed by atoms with Crippen molar-refractivity contribution in [2.45, 2.75) is 50.7 Å². The minimum absolute atomic E-state index is 0.00707. The molecular formula is C28H31Cl2N3O4S. The molecule has 0 radical (unpaired) electrons. The highest BCUT2D eigenvalue weighted by Crippen LogP contribution is 2.26. The third kappa shape index (κ3) is 7.28. The van der Waals surface area contributed by atoms with Gasteiger partial charge in [0.25, 0.3) is 10.0 Å². The minimum atomic E-state index is -4.10. The zero-order chi connectivity index (χ0) is 27.9. The molecule has 3 aromatic rings. The maximum absolute atomic E-state index is 13.9. The number of carbonyl (C=O) groups is 2. The molecule has 1 N–H and O–H groups in total. The van der Waals surface area contributed by atoms with Crippen LogP contribution >= 0.6 is 23.2 Å². The first kappa shape index (κ1) is 29.5. The van der Waals surface area contributed by atoms with E-state index in [1.165, 1.54) is 17.0 Å². The van der Waals surface area contributed by atoms with Crippen LogP contribution in [0, 0.1) is 0 Å². The molecule has 3 rings (SSSR count). The SMILES string of the molecule is CCC(C(=O)NC(C)C)N(Cc1ccc(Cl)cc1Cl)C(=O)CN(c1ccccc1)S(=O)(=O)c1ccccc1. The Labute approximate surface area is 234 Å². The van der Waals surface area contributed by atoms with Crippen molar-refractivity contribution in [1.29, 1.82) is 0 Å². The molecule has 0 saturated heterocycles. The first-order chi connectivity index (χ1) is 18.0. The number of rotatable bonds is 11. The fraction of sp³-hybridized carbons (Fsp3) is 0.286. The molecule has 1 atom stereocenters. The Morgan fingerprint density at radius 3 is 2.08 bits per heavy atom. The van der Waals surface area contributed by atoms with E-state index in [0.717, 1.165) is 4.31 Å². The van der Waals surface area contributed by atoms with Gasteiger partial charge >= 0.3 is 0 Å². The lowest BCUT2D eigenvalue weighted by Gasteiger charge is -2.33. The Morgan fingerprint density at radius 1 is 0.921 bits per heavy atom. The van der Waals surface area contributed by atoms with E-state index in [2.05, 4.69) is 5.32 Å². The Balaban J connectivity index is 2.05. The Hall–Kier alpha value is -3.07. The maximum atomic E-state index is 13.9. The second kappa shape index (κ2) is 13.1. The number of anilines is 1. The molecular weight excluding hydrogens is 545 g/mol. The van der Waals surface area contributed by atoms with Crippen molar-refractivity contribution in [2.24, 2.45) is 0 Å². The van der Waals surface area contributed by atoms with Gasteiger partial charge in [-0.25, -0.2) is 8.42 Å². The lowest BCUT2D eigenvalue weighted by Crippen LogP contribution is -2.53. The monoisotopic (exact) mass is 575 g/mol. The van der Waals surface area contributed by atoms with E-state index < -0.39 is 28.5 Å². The quantitative estimate of drug-likeness (QED) is 0.326. The number of nitrogens with one attached hydrogen (secondary N) is 1. The van der Waals surface area contributed by atoms with Crippen molar-refractivity contribution in [1.82, 2.24) is 10.2 Å². The van der Waals surface area contributed by atoms with E-state index in [9.17, 15) is 18.0 Å². The van der Waals surface area contributed by atoms with Crippen LogP contribution in [0.2, 0.25) is 10.0 Å². The predicted molar refractivity (Wildman–Crippen MR) is 152 cm³/mol. The molecule has 1 unspecified atom stereocenters. The van der Waals surface area contributed by atoms with Gasteiger partial charge in [0.1, 0.15) is 12.6 Å². The molecule has 0 aliphatic carbocycles. The number of amides is 2. The number of benzene rings is 3. The molecule has 202 valence electrons. The molecule has 0 aliphatic rings. The van der Waals surface area contributed by atoms with Gasteiger partial charge in [-0.2, -0.15) is 0 Å². The van der Waals surface area contributed by atoms with Gasteiger partial charge in [-0.3, -0.25) is 13.9 Å². The largest absolute Gasteiger partial charge is 0.352 e. The standard InChI is InChI=1S/C28H31Cl2N3O4S/c1-4-26(28(35)31-20(2)3)32(18-21-15-16-22(29)17-25(21)30)27(34)19-33(23-11-7-5-8-12-23)38(36,37)24-13-9-6-10-14-24/h5-17,20,26H,4,18-19H2,1-3H3,(H,31,35). The molecule has 3 aromatic carbocycles. The third-order valence-electron chi connectivity index (χ3n) is 5.83. The van der Waals surface area contributed by atoms with Crippen LogP contribution < -0.4 is 9.62 Å². The van der Waals surface area contributed by atoms with Gasteiger partial charge in [-0.05, 0) is 62.2 Å². The van der Waals surface area contributed by atoms with Crippen molar-refractivity contribution in [3.63, 3.8) is 0 Å². The van der Waals surface area contributed by atoms with Gasteiger partial charge in [0, 0.05) is 22.6 Å². The number of hydrogen-bond acceptors (Lipinski definition) is 4. The number of hydrogen-bond donors (Lipinski definition) is 1. The summed E-state index contributed by atoms with van der Waals surface area (Å²) in [4.78, 5) is 28.5. The van der Waals surface area contributed by atoms with Crippen LogP contribution in [0.3, 0.4) is 0 Å². The number of carbonyl (C=O) groups excluding carboxylic acids is 2. The van der Waals surface area contributed by atoms with Gasteiger partial charge in [-0.15, -0.1) is 0 Å². The van der Waals surface area contributed by atoms with Gasteiger partial charge in [0.15, 0.2) is 0 Å². The summed E-state index contributed by atoms with van der Waals surface area (Å²) in [5.41, 5.74) is 0.909. The number of nitrogens with zero attached hydrogens (tertiary/aromatic N) is 2. The van der Waals surface area contributed by atoms with E-state index in [0.29, 0.717) is 27.7 Å². The first-order valence-corrected chi connectivity index (χ1v) is 14.4. The highest BCUT2D eigenvalue weighted by molar-refractivity contribution is 7.92. The van der Waals surface area contributed by atoms with Crippen molar-refractivity contribution < 1.29 is 18.0 Å². The van der Waals surface area contributed by atoms with Crippen molar-refractivity contribution in [3.8, 4) is 0 Å². The van der Waals surface area contributed by atoms with Gasteiger partial charge < -0.3 is 10.2 Å². The van der Waals surface area contributed by atoms with Crippen LogP contribution in [0.25, 0.3) is 0 Å². The minimum Gasteiger partial charge on any atom is -0.352 e. The Bertz CT molecular complexity index is 1350. The fourth-order valence-corrected chi connectivity index (χ4v) is 5.88. The number of para-hydroxylation sites is 1. The molecule has 0 fully saturated rings. The summed E-state index contributed by atoms with van der Waals surface area (Å²) in [5, 5.41) is 3.64. The molecule has 0 bridgehead atoms. The average Bonchev–Trinajstić information content (AvgIpc) is 2.88. The summed E-state index contributed by atoms with van der Waals surface area (Å²) in [6, 6.07) is 20.2. The van der Waals surface area contributed by atoms with E-state index in [1.54, 1.807) is 73.7 Å². The van der Waals surface area contributed by atoms with E-state index in [4.69, 9.17) is 23.2 Å². The van der Waals surface area contributed by atoms with Gasteiger partial charge in [0.2, 0.25) is 11.8 Å². The summed E-state index contributed by atoms with van der Waals surface area (Å²) in [7, 11) is -4.10. The highest BCUT2D eigenvalue weighted by atomic mass is 35.5. The zero-order valence-corrected chi connectivity index (χ0v) is 23.8. The zero-order valence-electron chi connectivity index (χ0n) is 21.5. The average molecular weight is 577 g/mol. The molecule has 2 amide bonds. The van der Waals surface area contributed by atoms with Crippen molar-refractivity contribution in [3.05, 3.63) is 94.5 Å². The van der Waals surface area contributed by atoms with E-state index in [1.807, 2.05) is 13.8 Å². The summed E-state index contributed by atoms with van der Waals surface area (Å²) < 4.78 is 28.5. The van der Waals surface area contributed by atoms with Crippen LogP contribution in [-0.4, -0.2) is 43.8 Å². The fourth-order valence-electron chi connectivity index (χ4n) is 3.98. The second-order valence-corrected chi connectivity index (χ2v) is 11.7. The van der Waals surface area contributed by atoms with Gasteiger partial charge in [0.05, 0.1) is 10.6 Å². The normalized spacial score (nSPS) is 12.2. The summed E-state index contributed by atoms with van der Waals surface area (Å²) in [6.07, 6.45) is 0.312. The van der Waals surface area contributed by atoms with Crippen molar-refractivity contribution >= 4 is 50.7 Å². The van der Waals surface area contributed by atoms with Crippen molar-refractivity contribution in [2.75, 3.05) is 10.8 Å². The van der Waals surface area contributed by atoms with Crippen LogP contribution in [0.5, 0.6) is 0 Å². The molecule has 7 nitrogen and oxygen atoms in total.